The number of amides is 1. The zero-order valence-corrected chi connectivity index (χ0v) is 10.2. The maximum atomic E-state index is 11.5. The first-order valence-corrected chi connectivity index (χ1v) is 6.08. The normalized spacial score (nSPS) is 26.7. The van der Waals surface area contributed by atoms with Gasteiger partial charge in [0.25, 0.3) is 0 Å². The summed E-state index contributed by atoms with van der Waals surface area (Å²) in [6.45, 7) is 4.02. The van der Waals surface area contributed by atoms with Crippen molar-refractivity contribution in [2.45, 2.75) is 58.0 Å². The van der Waals surface area contributed by atoms with Gasteiger partial charge in [-0.05, 0) is 52.5 Å². The summed E-state index contributed by atoms with van der Waals surface area (Å²) in [5.41, 5.74) is 0. The molecule has 0 bridgehead atoms. The largest absolute Gasteiger partial charge is 0.354 e. The number of rotatable bonds is 4. The van der Waals surface area contributed by atoms with Crippen LogP contribution in [0.4, 0.5) is 0 Å². The zero-order chi connectivity index (χ0) is 11.3. The highest BCUT2D eigenvalue weighted by Crippen LogP contribution is 2.26. The molecule has 1 rings (SSSR count). The van der Waals surface area contributed by atoms with Gasteiger partial charge in [-0.2, -0.15) is 0 Å². The molecule has 3 heteroatoms. The third kappa shape index (κ3) is 4.65. The molecule has 2 N–H and O–H groups in total. The molecular weight excluding hydrogens is 188 g/mol. The highest BCUT2D eigenvalue weighted by atomic mass is 16.1. The van der Waals surface area contributed by atoms with Crippen LogP contribution in [0.3, 0.4) is 0 Å². The summed E-state index contributed by atoms with van der Waals surface area (Å²) >= 11 is 0. The van der Waals surface area contributed by atoms with E-state index in [0.29, 0.717) is 18.4 Å². The van der Waals surface area contributed by atoms with Gasteiger partial charge in [0, 0.05) is 18.5 Å². The summed E-state index contributed by atoms with van der Waals surface area (Å²) in [6, 6.07) is 0.945. The molecule has 0 aromatic heterocycles. The molecular formula is C12H24N2O. The van der Waals surface area contributed by atoms with Crippen molar-refractivity contribution in [1.82, 2.24) is 10.6 Å². The van der Waals surface area contributed by atoms with Gasteiger partial charge in [0.2, 0.25) is 5.91 Å². The Morgan fingerprint density at radius 1 is 1.27 bits per heavy atom. The smallest absolute Gasteiger partial charge is 0.220 e. The first-order valence-electron chi connectivity index (χ1n) is 6.08. The van der Waals surface area contributed by atoms with E-state index in [2.05, 4.69) is 10.6 Å². The van der Waals surface area contributed by atoms with Gasteiger partial charge in [-0.1, -0.05) is 0 Å². The number of hydrogen-bond acceptors (Lipinski definition) is 2. The second-order valence-corrected chi connectivity index (χ2v) is 4.93. The topological polar surface area (TPSA) is 41.1 Å². The van der Waals surface area contributed by atoms with E-state index in [9.17, 15) is 4.79 Å². The predicted molar refractivity (Wildman–Crippen MR) is 62.7 cm³/mol. The van der Waals surface area contributed by atoms with Gasteiger partial charge >= 0.3 is 0 Å². The zero-order valence-electron chi connectivity index (χ0n) is 10.2. The van der Waals surface area contributed by atoms with E-state index in [0.717, 1.165) is 0 Å². The summed E-state index contributed by atoms with van der Waals surface area (Å²) in [5.74, 6) is 0.825. The van der Waals surface area contributed by atoms with Gasteiger partial charge in [-0.3, -0.25) is 4.79 Å². The molecule has 1 amide bonds. The van der Waals surface area contributed by atoms with Crippen LogP contribution in [-0.4, -0.2) is 25.0 Å². The van der Waals surface area contributed by atoms with Crippen LogP contribution in [-0.2, 0) is 4.79 Å². The lowest BCUT2D eigenvalue weighted by Crippen LogP contribution is -2.34. The average molecular weight is 212 g/mol. The van der Waals surface area contributed by atoms with Crippen LogP contribution in [0.2, 0.25) is 0 Å². The third-order valence-electron chi connectivity index (χ3n) is 3.18. The Kier molecular flexibility index (Phi) is 5.09. The molecule has 88 valence electrons. The Morgan fingerprint density at radius 2 is 1.87 bits per heavy atom. The molecule has 0 atom stereocenters. The molecule has 0 aromatic carbocycles. The van der Waals surface area contributed by atoms with Crippen LogP contribution in [0.25, 0.3) is 0 Å². The molecule has 15 heavy (non-hydrogen) atoms. The number of carbonyl (C=O) groups excluding carboxylic acids is 1. The van der Waals surface area contributed by atoms with Gasteiger partial charge in [0.05, 0.1) is 0 Å². The summed E-state index contributed by atoms with van der Waals surface area (Å²) in [6.07, 6.45) is 5.54. The lowest BCUT2D eigenvalue weighted by Gasteiger charge is -2.28. The van der Waals surface area contributed by atoms with E-state index in [1.54, 1.807) is 0 Å². The number of carbonyl (C=O) groups is 1. The van der Waals surface area contributed by atoms with Gasteiger partial charge < -0.3 is 10.6 Å². The highest BCUT2D eigenvalue weighted by molar-refractivity contribution is 5.76. The number of hydrogen-bond donors (Lipinski definition) is 2. The molecule has 0 radical (unpaired) electrons. The molecule has 0 aromatic rings. The van der Waals surface area contributed by atoms with E-state index in [1.165, 1.54) is 25.7 Å². The van der Waals surface area contributed by atoms with Crippen LogP contribution in [0.5, 0.6) is 0 Å². The van der Waals surface area contributed by atoms with E-state index in [1.807, 2.05) is 20.9 Å². The Morgan fingerprint density at radius 3 is 2.33 bits per heavy atom. The molecule has 0 spiro atoms. The fourth-order valence-corrected chi connectivity index (χ4v) is 2.30. The quantitative estimate of drug-likeness (QED) is 0.744. The van der Waals surface area contributed by atoms with Crippen LogP contribution < -0.4 is 10.6 Å². The maximum absolute atomic E-state index is 11.5. The standard InChI is InChI=1S/C12H24N2O/c1-9(2)14-12(15)8-10-4-6-11(13-3)7-5-10/h9-11,13H,4-8H2,1-3H3,(H,14,15). The summed E-state index contributed by atoms with van der Waals surface area (Å²) in [4.78, 5) is 11.5. The van der Waals surface area contributed by atoms with Crippen molar-refractivity contribution in [3.63, 3.8) is 0 Å². The van der Waals surface area contributed by atoms with E-state index in [4.69, 9.17) is 0 Å². The number of nitrogens with one attached hydrogen (secondary N) is 2. The molecule has 0 unspecified atom stereocenters. The van der Waals surface area contributed by atoms with E-state index < -0.39 is 0 Å². The minimum Gasteiger partial charge on any atom is -0.354 e. The average Bonchev–Trinajstić information content (AvgIpc) is 2.17. The van der Waals surface area contributed by atoms with E-state index in [-0.39, 0.29) is 11.9 Å². The van der Waals surface area contributed by atoms with Crippen molar-refractivity contribution in [2.24, 2.45) is 5.92 Å². The lowest BCUT2D eigenvalue weighted by atomic mass is 9.84. The second-order valence-electron chi connectivity index (χ2n) is 4.93. The van der Waals surface area contributed by atoms with Crippen molar-refractivity contribution >= 4 is 5.91 Å². The monoisotopic (exact) mass is 212 g/mol. The minimum atomic E-state index is 0.220. The summed E-state index contributed by atoms with van der Waals surface area (Å²) < 4.78 is 0. The maximum Gasteiger partial charge on any atom is 0.220 e. The van der Waals surface area contributed by atoms with Crippen molar-refractivity contribution in [3.8, 4) is 0 Å². The summed E-state index contributed by atoms with van der Waals surface area (Å²) in [5, 5.41) is 6.27. The van der Waals surface area contributed by atoms with Crippen molar-refractivity contribution < 1.29 is 4.79 Å². The van der Waals surface area contributed by atoms with Crippen LogP contribution in [0.15, 0.2) is 0 Å². The predicted octanol–water partition coefficient (Wildman–Crippen LogP) is 1.68. The molecule has 0 saturated heterocycles. The van der Waals surface area contributed by atoms with E-state index >= 15 is 0 Å². The Labute approximate surface area is 93.0 Å². The fraction of sp³-hybridized carbons (Fsp3) is 0.917. The SMILES string of the molecule is CNC1CCC(CC(=O)NC(C)C)CC1. The third-order valence-corrected chi connectivity index (χ3v) is 3.18. The van der Waals surface area contributed by atoms with Crippen LogP contribution in [0.1, 0.15) is 46.0 Å². The first kappa shape index (κ1) is 12.5. The fourth-order valence-electron chi connectivity index (χ4n) is 2.30. The van der Waals surface area contributed by atoms with Gasteiger partial charge in [0.1, 0.15) is 0 Å². The van der Waals surface area contributed by atoms with Crippen molar-refractivity contribution in [1.29, 1.82) is 0 Å². The first-order chi connectivity index (χ1) is 7.11. The molecule has 0 heterocycles. The van der Waals surface area contributed by atoms with Crippen molar-refractivity contribution in [3.05, 3.63) is 0 Å². The van der Waals surface area contributed by atoms with Gasteiger partial charge in [-0.25, -0.2) is 0 Å². The summed E-state index contributed by atoms with van der Waals surface area (Å²) in [7, 11) is 2.02. The minimum absolute atomic E-state index is 0.220. The van der Waals surface area contributed by atoms with Gasteiger partial charge in [0.15, 0.2) is 0 Å². The van der Waals surface area contributed by atoms with Crippen LogP contribution >= 0.6 is 0 Å². The Hall–Kier alpha value is -0.570. The molecule has 0 aliphatic heterocycles. The molecule has 3 nitrogen and oxygen atoms in total. The van der Waals surface area contributed by atoms with Gasteiger partial charge in [-0.15, -0.1) is 0 Å². The molecule has 1 fully saturated rings. The molecule has 1 aliphatic rings. The Bertz CT molecular complexity index is 196. The Balaban J connectivity index is 2.20. The van der Waals surface area contributed by atoms with Crippen LogP contribution in [0, 0.1) is 5.92 Å². The molecule has 1 saturated carbocycles. The molecule has 1 aliphatic carbocycles. The highest BCUT2D eigenvalue weighted by Gasteiger charge is 2.21. The second kappa shape index (κ2) is 6.11. The lowest BCUT2D eigenvalue weighted by molar-refractivity contribution is -0.122. The van der Waals surface area contributed by atoms with Crippen molar-refractivity contribution in [2.75, 3.05) is 7.05 Å².